The van der Waals surface area contributed by atoms with E-state index >= 15 is 0 Å². The number of ether oxygens (including phenoxy) is 2. The minimum absolute atomic E-state index is 0.165. The fraction of sp³-hybridized carbons (Fsp3) is 0.688. The molecule has 2 aliphatic rings. The summed E-state index contributed by atoms with van der Waals surface area (Å²) in [4.78, 5) is 6.44. The highest BCUT2D eigenvalue weighted by atomic mass is 16.7. The van der Waals surface area contributed by atoms with Gasteiger partial charge in [-0.2, -0.15) is 0 Å². The quantitative estimate of drug-likeness (QED) is 0.553. The SMILES string of the molecule is CN1CCC[C@H]1c1cccnc1O[C@@H]1O[C@H](CO)[C@@H](O)[C@H](O)[C@H]1O. The van der Waals surface area contributed by atoms with Crippen LogP contribution in [0.5, 0.6) is 5.88 Å². The van der Waals surface area contributed by atoms with Gasteiger partial charge in [-0.15, -0.1) is 0 Å². The molecule has 3 heterocycles. The third kappa shape index (κ3) is 3.26. The van der Waals surface area contributed by atoms with Crippen molar-refractivity contribution in [3.05, 3.63) is 23.9 Å². The molecule has 0 aromatic carbocycles. The Morgan fingerprint density at radius 1 is 1.29 bits per heavy atom. The molecule has 0 unspecified atom stereocenters. The van der Waals surface area contributed by atoms with Crippen LogP contribution in [-0.4, -0.2) is 81.2 Å². The summed E-state index contributed by atoms with van der Waals surface area (Å²) < 4.78 is 11.1. The molecule has 24 heavy (non-hydrogen) atoms. The summed E-state index contributed by atoms with van der Waals surface area (Å²) in [5.74, 6) is 0.320. The molecule has 0 bridgehead atoms. The maximum Gasteiger partial charge on any atom is 0.231 e. The van der Waals surface area contributed by atoms with E-state index < -0.39 is 37.3 Å². The van der Waals surface area contributed by atoms with Crippen molar-refractivity contribution in [2.45, 2.75) is 49.6 Å². The van der Waals surface area contributed by atoms with Crippen LogP contribution < -0.4 is 4.74 Å². The zero-order chi connectivity index (χ0) is 17.3. The number of hydrogen-bond acceptors (Lipinski definition) is 8. The lowest BCUT2D eigenvalue weighted by atomic mass is 9.99. The summed E-state index contributed by atoms with van der Waals surface area (Å²) in [5, 5.41) is 39.1. The van der Waals surface area contributed by atoms with Crippen LogP contribution in [-0.2, 0) is 4.74 Å². The van der Waals surface area contributed by atoms with Gasteiger partial charge in [-0.05, 0) is 32.5 Å². The first-order valence-electron chi connectivity index (χ1n) is 8.15. The zero-order valence-corrected chi connectivity index (χ0v) is 13.5. The maximum atomic E-state index is 10.1. The van der Waals surface area contributed by atoms with Crippen molar-refractivity contribution >= 4 is 0 Å². The number of nitrogens with zero attached hydrogens (tertiary/aromatic N) is 2. The molecule has 8 heteroatoms. The molecule has 3 rings (SSSR count). The Hall–Kier alpha value is -1.29. The second-order valence-electron chi connectivity index (χ2n) is 6.35. The number of pyridine rings is 1. The van der Waals surface area contributed by atoms with Crippen LogP contribution in [0.15, 0.2) is 18.3 Å². The van der Waals surface area contributed by atoms with Gasteiger partial charge in [0.15, 0.2) is 0 Å². The highest BCUT2D eigenvalue weighted by Crippen LogP contribution is 2.35. The van der Waals surface area contributed by atoms with Gasteiger partial charge >= 0.3 is 0 Å². The summed E-state index contributed by atoms with van der Waals surface area (Å²) in [7, 11) is 2.03. The lowest BCUT2D eigenvalue weighted by Gasteiger charge is -2.39. The average molecular weight is 340 g/mol. The second kappa shape index (κ2) is 7.30. The monoisotopic (exact) mass is 340 g/mol. The molecule has 4 N–H and O–H groups in total. The molecule has 1 aromatic rings. The first kappa shape index (κ1) is 17.5. The van der Waals surface area contributed by atoms with Crippen LogP contribution in [0.3, 0.4) is 0 Å². The summed E-state index contributed by atoms with van der Waals surface area (Å²) in [6, 6.07) is 3.90. The predicted octanol–water partition coefficient (Wildman–Crippen LogP) is -0.973. The zero-order valence-electron chi connectivity index (χ0n) is 13.5. The molecule has 8 nitrogen and oxygen atoms in total. The van der Waals surface area contributed by atoms with Crippen molar-refractivity contribution in [1.82, 2.24) is 9.88 Å². The molecule has 2 fully saturated rings. The fourth-order valence-electron chi connectivity index (χ4n) is 3.33. The van der Waals surface area contributed by atoms with E-state index in [9.17, 15) is 20.4 Å². The fourth-order valence-corrected chi connectivity index (χ4v) is 3.33. The molecule has 134 valence electrons. The Bertz CT molecular complexity index is 557. The summed E-state index contributed by atoms with van der Waals surface area (Å²) in [6.45, 7) is 0.490. The third-order valence-electron chi connectivity index (χ3n) is 4.76. The van der Waals surface area contributed by atoms with Crippen molar-refractivity contribution in [2.24, 2.45) is 0 Å². The van der Waals surface area contributed by atoms with Gasteiger partial charge in [0.05, 0.1) is 6.61 Å². The van der Waals surface area contributed by atoms with Crippen molar-refractivity contribution in [1.29, 1.82) is 0 Å². The van der Waals surface area contributed by atoms with Gasteiger partial charge in [0.1, 0.15) is 24.4 Å². The number of aliphatic hydroxyl groups is 4. The second-order valence-corrected chi connectivity index (χ2v) is 6.35. The normalized spacial score (nSPS) is 37.5. The topological polar surface area (TPSA) is 116 Å². The molecule has 1 aromatic heterocycles. The molecule has 0 aliphatic carbocycles. The molecule has 0 spiro atoms. The molecular weight excluding hydrogens is 316 g/mol. The Morgan fingerprint density at radius 3 is 2.75 bits per heavy atom. The number of aliphatic hydroxyl groups excluding tert-OH is 4. The first-order chi connectivity index (χ1) is 11.5. The van der Waals surface area contributed by atoms with Crippen LogP contribution in [0.2, 0.25) is 0 Å². The molecule has 0 amide bonds. The van der Waals surface area contributed by atoms with E-state index in [-0.39, 0.29) is 6.04 Å². The van der Waals surface area contributed by atoms with Crippen LogP contribution in [0.4, 0.5) is 0 Å². The van der Waals surface area contributed by atoms with Gasteiger partial charge in [-0.1, -0.05) is 6.07 Å². The molecule has 6 atom stereocenters. The number of hydrogen-bond donors (Lipinski definition) is 4. The Labute approximate surface area is 140 Å². The standard InChI is InChI=1S/C16H24N2O6/c1-18-7-3-5-10(18)9-4-2-6-17-15(9)24-16-14(22)13(21)12(20)11(8-19)23-16/h2,4,6,10-14,16,19-22H,3,5,7-8H2,1H3/t10-,11+,12+,13-,14+,16-/m0/s1. The number of rotatable bonds is 4. The van der Waals surface area contributed by atoms with E-state index in [1.165, 1.54) is 0 Å². The van der Waals surface area contributed by atoms with Gasteiger partial charge in [-0.25, -0.2) is 4.98 Å². The molecular formula is C16H24N2O6. The van der Waals surface area contributed by atoms with E-state index in [1.54, 1.807) is 6.20 Å². The largest absolute Gasteiger partial charge is 0.445 e. The average Bonchev–Trinajstić information content (AvgIpc) is 3.01. The minimum Gasteiger partial charge on any atom is -0.445 e. The van der Waals surface area contributed by atoms with Crippen molar-refractivity contribution < 1.29 is 29.9 Å². The van der Waals surface area contributed by atoms with E-state index in [2.05, 4.69) is 9.88 Å². The van der Waals surface area contributed by atoms with E-state index in [4.69, 9.17) is 9.47 Å². The van der Waals surface area contributed by atoms with Crippen LogP contribution >= 0.6 is 0 Å². The van der Waals surface area contributed by atoms with Crippen LogP contribution in [0.1, 0.15) is 24.4 Å². The lowest BCUT2D eigenvalue weighted by Crippen LogP contribution is -2.60. The Morgan fingerprint density at radius 2 is 2.08 bits per heavy atom. The van der Waals surface area contributed by atoms with Crippen molar-refractivity contribution in [3.8, 4) is 5.88 Å². The maximum absolute atomic E-state index is 10.1. The molecule has 2 saturated heterocycles. The van der Waals surface area contributed by atoms with E-state index in [0.29, 0.717) is 5.88 Å². The van der Waals surface area contributed by atoms with Gasteiger partial charge in [0.25, 0.3) is 0 Å². The highest BCUT2D eigenvalue weighted by Gasteiger charge is 2.45. The predicted molar refractivity (Wildman–Crippen MR) is 83.2 cm³/mol. The smallest absolute Gasteiger partial charge is 0.231 e. The van der Waals surface area contributed by atoms with Gasteiger partial charge in [0.2, 0.25) is 12.2 Å². The van der Waals surface area contributed by atoms with Crippen LogP contribution in [0, 0.1) is 0 Å². The first-order valence-corrected chi connectivity index (χ1v) is 8.15. The van der Waals surface area contributed by atoms with Gasteiger partial charge < -0.3 is 29.9 Å². The van der Waals surface area contributed by atoms with Crippen molar-refractivity contribution in [3.63, 3.8) is 0 Å². The summed E-state index contributed by atoms with van der Waals surface area (Å²) in [6.07, 6.45) is -2.91. The lowest BCUT2D eigenvalue weighted by molar-refractivity contribution is -0.278. The third-order valence-corrected chi connectivity index (χ3v) is 4.76. The van der Waals surface area contributed by atoms with E-state index in [1.807, 2.05) is 19.2 Å². The molecule has 0 radical (unpaired) electrons. The summed E-state index contributed by atoms with van der Waals surface area (Å²) in [5.41, 5.74) is 0.884. The van der Waals surface area contributed by atoms with E-state index in [0.717, 1.165) is 24.9 Å². The number of likely N-dealkylation sites (tertiary alicyclic amines) is 1. The Balaban J connectivity index is 1.80. The van der Waals surface area contributed by atoms with Crippen LogP contribution in [0.25, 0.3) is 0 Å². The molecule has 0 saturated carbocycles. The molecule has 2 aliphatic heterocycles. The minimum atomic E-state index is -1.47. The summed E-state index contributed by atoms with van der Waals surface area (Å²) >= 11 is 0. The van der Waals surface area contributed by atoms with Gasteiger partial charge in [-0.3, -0.25) is 4.90 Å². The number of aromatic nitrogens is 1. The van der Waals surface area contributed by atoms with Crippen molar-refractivity contribution in [2.75, 3.05) is 20.2 Å². The highest BCUT2D eigenvalue weighted by molar-refractivity contribution is 5.30. The van der Waals surface area contributed by atoms with Gasteiger partial charge in [0, 0.05) is 17.8 Å². The Kier molecular flexibility index (Phi) is 5.33.